The van der Waals surface area contributed by atoms with Gasteiger partial charge in [0.05, 0.1) is 24.8 Å². The van der Waals surface area contributed by atoms with Crippen molar-refractivity contribution in [2.45, 2.75) is 57.7 Å². The van der Waals surface area contributed by atoms with Gasteiger partial charge in [-0.15, -0.1) is 0 Å². The first-order chi connectivity index (χ1) is 17.4. The summed E-state index contributed by atoms with van der Waals surface area (Å²) in [7, 11) is 1.51. The van der Waals surface area contributed by atoms with Gasteiger partial charge in [0.1, 0.15) is 17.3 Å². The first kappa shape index (κ1) is 27.0. The van der Waals surface area contributed by atoms with E-state index in [0.717, 1.165) is 0 Å². The van der Waals surface area contributed by atoms with Gasteiger partial charge in [-0.3, -0.25) is 9.48 Å². The lowest BCUT2D eigenvalue weighted by Crippen LogP contribution is -2.56. The van der Waals surface area contributed by atoms with Gasteiger partial charge in [-0.1, -0.05) is 41.9 Å². The number of halogens is 2. The average Bonchev–Trinajstić information content (AvgIpc) is 3.54. The normalized spacial score (nSPS) is 22.0. The van der Waals surface area contributed by atoms with Crippen molar-refractivity contribution in [3.63, 3.8) is 0 Å². The molecule has 1 aromatic carbocycles. The molecule has 1 amide bonds. The molecule has 0 radical (unpaired) electrons. The summed E-state index contributed by atoms with van der Waals surface area (Å²) in [4.78, 5) is 28.5. The van der Waals surface area contributed by atoms with Crippen LogP contribution in [-0.4, -0.2) is 56.1 Å². The minimum Gasteiger partial charge on any atom is -0.479 e. The van der Waals surface area contributed by atoms with Crippen molar-refractivity contribution < 1.29 is 28.3 Å². The highest BCUT2D eigenvalue weighted by atomic mass is 79.9. The fourth-order valence-corrected chi connectivity index (χ4v) is 6.12. The Morgan fingerprint density at radius 2 is 2.05 bits per heavy atom. The Labute approximate surface area is 222 Å². The van der Waals surface area contributed by atoms with E-state index in [1.807, 2.05) is 20.8 Å². The summed E-state index contributed by atoms with van der Waals surface area (Å²) < 4.78 is 28.3. The molecule has 1 aliphatic rings. The molecule has 0 bridgehead atoms. The number of hydrogen-bond donors (Lipinski definition) is 1. The molecule has 1 unspecified atom stereocenters. The second kappa shape index (κ2) is 10.0. The highest BCUT2D eigenvalue weighted by Gasteiger charge is 2.60. The number of carboxylic acid groups (broad SMARTS) is 1. The lowest BCUT2D eigenvalue weighted by atomic mass is 9.86. The molecule has 3 atom stereocenters. The molecule has 1 saturated heterocycles. The number of aryl methyl sites for hydroxylation is 1. The van der Waals surface area contributed by atoms with Crippen LogP contribution in [0.4, 0.5) is 4.39 Å². The number of ether oxygens (including phenoxy) is 1. The lowest BCUT2D eigenvalue weighted by molar-refractivity contribution is -0.150. The molecule has 1 fully saturated rings. The van der Waals surface area contributed by atoms with Crippen molar-refractivity contribution in [3.05, 3.63) is 69.5 Å². The summed E-state index contributed by atoms with van der Waals surface area (Å²) in [6, 6.07) is 5.24. The van der Waals surface area contributed by atoms with E-state index in [1.54, 1.807) is 25.3 Å². The Balaban J connectivity index is 1.93. The minimum absolute atomic E-state index is 0.0429. The van der Waals surface area contributed by atoms with E-state index < -0.39 is 35.2 Å². The van der Waals surface area contributed by atoms with Crippen LogP contribution < -0.4 is 0 Å². The monoisotopic (exact) mass is 576 g/mol. The third kappa shape index (κ3) is 4.94. The third-order valence-electron chi connectivity index (χ3n) is 6.81. The maximum atomic E-state index is 15.6. The van der Waals surface area contributed by atoms with Crippen LogP contribution in [0.15, 0.2) is 45.7 Å². The first-order valence-electron chi connectivity index (χ1n) is 11.8. The molecular weight excluding hydrogens is 547 g/mol. The number of nitrogens with zero attached hydrogens (tertiary/aromatic N) is 4. The molecular formula is C26H30BrFN4O5. The van der Waals surface area contributed by atoms with Crippen LogP contribution >= 0.6 is 15.9 Å². The van der Waals surface area contributed by atoms with Crippen molar-refractivity contribution >= 4 is 27.8 Å². The fraction of sp³-hybridized carbons (Fsp3) is 0.462. The summed E-state index contributed by atoms with van der Waals surface area (Å²) in [6.07, 6.45) is 3.20. The van der Waals surface area contributed by atoms with Crippen molar-refractivity contribution in [1.82, 2.24) is 19.8 Å². The Hall–Kier alpha value is -3.05. The van der Waals surface area contributed by atoms with Crippen LogP contribution in [0.5, 0.6) is 0 Å². The average molecular weight is 577 g/mol. The van der Waals surface area contributed by atoms with E-state index in [0.29, 0.717) is 21.5 Å². The number of hydrogen-bond acceptors (Lipinski definition) is 6. The number of carbonyl (C=O) groups is 2. The number of benzene rings is 1. The van der Waals surface area contributed by atoms with Gasteiger partial charge in [0.15, 0.2) is 5.54 Å². The molecule has 198 valence electrons. The van der Waals surface area contributed by atoms with Gasteiger partial charge >= 0.3 is 5.97 Å². The summed E-state index contributed by atoms with van der Waals surface area (Å²) in [5.74, 6) is -2.68. The summed E-state index contributed by atoms with van der Waals surface area (Å²) in [6.45, 7) is 7.53. The van der Waals surface area contributed by atoms with E-state index >= 15 is 4.39 Å². The number of rotatable bonds is 7. The van der Waals surface area contributed by atoms with Gasteiger partial charge in [-0.2, -0.15) is 5.10 Å². The zero-order valence-electron chi connectivity index (χ0n) is 21.4. The van der Waals surface area contributed by atoms with Crippen LogP contribution in [-0.2, 0) is 21.5 Å². The second-order valence-corrected chi connectivity index (χ2v) is 11.4. The predicted octanol–water partition coefficient (Wildman–Crippen LogP) is 4.75. The number of likely N-dealkylation sites (tertiary alicyclic amines) is 1. The molecule has 0 spiro atoms. The molecule has 0 aliphatic carbocycles. The van der Waals surface area contributed by atoms with Gasteiger partial charge in [0.2, 0.25) is 0 Å². The smallest absolute Gasteiger partial charge is 0.331 e. The van der Waals surface area contributed by atoms with Gasteiger partial charge < -0.3 is 19.3 Å². The Morgan fingerprint density at radius 1 is 1.32 bits per heavy atom. The fourth-order valence-electron chi connectivity index (χ4n) is 5.18. The maximum absolute atomic E-state index is 15.6. The summed E-state index contributed by atoms with van der Waals surface area (Å²) in [5, 5.41) is 18.9. The predicted molar refractivity (Wildman–Crippen MR) is 136 cm³/mol. The van der Waals surface area contributed by atoms with Crippen molar-refractivity contribution in [3.8, 4) is 0 Å². The minimum atomic E-state index is -1.76. The van der Waals surface area contributed by atoms with E-state index in [-0.39, 0.29) is 30.6 Å². The molecule has 3 heterocycles. The highest BCUT2D eigenvalue weighted by molar-refractivity contribution is 9.10. The second-order valence-electron chi connectivity index (χ2n) is 10.5. The van der Waals surface area contributed by atoms with Gasteiger partial charge in [0.25, 0.3) is 5.91 Å². The van der Waals surface area contributed by atoms with Crippen LogP contribution in [0.1, 0.15) is 60.6 Å². The van der Waals surface area contributed by atoms with E-state index in [1.165, 1.54) is 35.0 Å². The Kier molecular flexibility index (Phi) is 7.31. The summed E-state index contributed by atoms with van der Waals surface area (Å²) in [5.41, 5.74) is -1.32. The first-order valence-corrected chi connectivity index (χ1v) is 12.6. The number of aromatic nitrogens is 3. The van der Waals surface area contributed by atoms with Crippen molar-refractivity contribution in [2.75, 3.05) is 13.7 Å². The van der Waals surface area contributed by atoms with E-state index in [2.05, 4.69) is 26.2 Å². The molecule has 3 aromatic rings. The molecule has 37 heavy (non-hydrogen) atoms. The molecule has 4 rings (SSSR count). The summed E-state index contributed by atoms with van der Waals surface area (Å²) >= 11 is 3.48. The Bertz CT molecular complexity index is 1300. The largest absolute Gasteiger partial charge is 0.479 e. The van der Waals surface area contributed by atoms with Crippen molar-refractivity contribution in [2.24, 2.45) is 5.92 Å². The van der Waals surface area contributed by atoms with Crippen LogP contribution in [0.3, 0.4) is 0 Å². The van der Waals surface area contributed by atoms with Gasteiger partial charge in [-0.05, 0) is 42.5 Å². The maximum Gasteiger partial charge on any atom is 0.331 e. The van der Waals surface area contributed by atoms with Crippen LogP contribution in [0.25, 0.3) is 0 Å². The molecule has 11 heteroatoms. The van der Waals surface area contributed by atoms with Gasteiger partial charge in [0, 0.05) is 36.0 Å². The zero-order chi connectivity index (χ0) is 27.1. The number of methoxy groups -OCH3 is 1. The molecule has 9 nitrogen and oxygen atoms in total. The molecule has 1 aliphatic heterocycles. The number of amides is 1. The molecule has 1 N–H and O–H groups in total. The van der Waals surface area contributed by atoms with E-state index in [4.69, 9.17) is 9.26 Å². The number of carbonyl (C=O) groups excluding carboxylic acids is 1. The van der Waals surface area contributed by atoms with Gasteiger partial charge in [-0.25, -0.2) is 9.18 Å². The standard InChI is InChI=1S/C26H30BrFN4O5/c1-15-9-21(30-37-15)22-16(13-36-5)12-26(24(34)35,14-31-8-6-7-29-31)32(22)23(33)17-10-19(27)18(11-20(17)28)25(2,3)4/h6-11,16,22H,12-14H2,1-5H3,(H,34,35)/t16-,22?,26-/m1/s1. The highest BCUT2D eigenvalue weighted by Crippen LogP contribution is 2.49. The quantitative estimate of drug-likeness (QED) is 0.432. The third-order valence-corrected chi connectivity index (χ3v) is 7.47. The van der Waals surface area contributed by atoms with E-state index in [9.17, 15) is 14.7 Å². The molecule has 2 aromatic heterocycles. The van der Waals surface area contributed by atoms with Crippen LogP contribution in [0.2, 0.25) is 0 Å². The Morgan fingerprint density at radius 3 is 2.59 bits per heavy atom. The number of aliphatic carboxylic acids is 1. The lowest BCUT2D eigenvalue weighted by Gasteiger charge is -2.37. The SMILES string of the molecule is COC[C@H]1C[C@@](Cn2cccn2)(C(=O)O)N(C(=O)c2cc(Br)c(C(C)(C)C)cc2F)C1c1cc(C)on1. The zero-order valence-corrected chi connectivity index (χ0v) is 23.0. The molecule has 0 saturated carbocycles. The number of carboxylic acids is 1. The topological polar surface area (TPSA) is 111 Å². The van der Waals surface area contributed by atoms with Crippen molar-refractivity contribution in [1.29, 1.82) is 0 Å². The van der Waals surface area contributed by atoms with Crippen LogP contribution in [0, 0.1) is 18.7 Å².